The van der Waals surface area contributed by atoms with Gasteiger partial charge in [-0.05, 0) is 29.7 Å². The first-order chi connectivity index (χ1) is 9.08. The lowest BCUT2D eigenvalue weighted by Crippen LogP contribution is -2.21. The molecule has 0 saturated heterocycles. The van der Waals surface area contributed by atoms with Crippen LogP contribution in [0.15, 0.2) is 48.5 Å². The molecule has 19 heavy (non-hydrogen) atoms. The Labute approximate surface area is 118 Å². The van der Waals surface area contributed by atoms with Gasteiger partial charge in [-0.15, -0.1) is 0 Å². The maximum atomic E-state index is 10.1. The van der Waals surface area contributed by atoms with E-state index in [1.54, 1.807) is 12.1 Å². The minimum absolute atomic E-state index is 0.329. The number of aliphatic hydroxyl groups is 2. The molecule has 2 aromatic rings. The van der Waals surface area contributed by atoms with Crippen molar-refractivity contribution in [1.29, 1.82) is 0 Å². The third-order valence-corrected chi connectivity index (χ3v) is 3.50. The van der Waals surface area contributed by atoms with Crippen molar-refractivity contribution in [3.05, 3.63) is 70.2 Å². The Hall–Kier alpha value is -1.35. The van der Waals surface area contributed by atoms with Gasteiger partial charge in [-0.25, -0.2) is 0 Å². The van der Waals surface area contributed by atoms with Crippen LogP contribution in [0.2, 0.25) is 5.02 Å². The molecule has 2 atom stereocenters. The van der Waals surface area contributed by atoms with Crippen molar-refractivity contribution in [1.82, 2.24) is 0 Å². The molecule has 0 amide bonds. The topological polar surface area (TPSA) is 40.5 Å². The summed E-state index contributed by atoms with van der Waals surface area (Å²) in [4.78, 5) is 0. The summed E-state index contributed by atoms with van der Waals surface area (Å²) in [7, 11) is 0. The summed E-state index contributed by atoms with van der Waals surface area (Å²) in [6.45, 7) is 1.96. The summed E-state index contributed by atoms with van der Waals surface area (Å²) < 4.78 is 0. The molecule has 2 N–H and O–H groups in total. The van der Waals surface area contributed by atoms with Gasteiger partial charge in [0.15, 0.2) is 0 Å². The Balaban J connectivity index is 2.10. The van der Waals surface area contributed by atoms with Crippen molar-refractivity contribution < 1.29 is 10.2 Å². The van der Waals surface area contributed by atoms with Gasteiger partial charge in [0, 0.05) is 11.4 Å². The lowest BCUT2D eigenvalue weighted by Gasteiger charge is -2.19. The van der Waals surface area contributed by atoms with Crippen LogP contribution in [0.4, 0.5) is 0 Å². The van der Waals surface area contributed by atoms with Gasteiger partial charge in [-0.2, -0.15) is 0 Å². The molecular weight excluding hydrogens is 260 g/mol. The Bertz CT molecular complexity index is 540. The predicted molar refractivity (Wildman–Crippen MR) is 77.3 cm³/mol. The van der Waals surface area contributed by atoms with Crippen molar-refractivity contribution in [3.8, 4) is 0 Å². The molecule has 0 bridgehead atoms. The second-order valence-electron chi connectivity index (χ2n) is 4.72. The quantitative estimate of drug-likeness (QED) is 0.900. The highest BCUT2D eigenvalue weighted by atomic mass is 35.5. The fraction of sp³-hybridized carbons (Fsp3) is 0.250. The van der Waals surface area contributed by atoms with Crippen LogP contribution in [-0.4, -0.2) is 16.3 Å². The molecule has 0 aliphatic heterocycles. The van der Waals surface area contributed by atoms with E-state index in [-0.39, 0.29) is 0 Å². The van der Waals surface area contributed by atoms with Gasteiger partial charge in [-0.3, -0.25) is 0 Å². The number of halogens is 1. The molecule has 2 nitrogen and oxygen atoms in total. The molecule has 0 saturated carbocycles. The van der Waals surface area contributed by atoms with Crippen molar-refractivity contribution in [2.45, 2.75) is 25.6 Å². The predicted octanol–water partition coefficient (Wildman–Crippen LogP) is 3.29. The van der Waals surface area contributed by atoms with Crippen molar-refractivity contribution in [2.75, 3.05) is 0 Å². The lowest BCUT2D eigenvalue weighted by atomic mass is 9.98. The number of benzene rings is 2. The van der Waals surface area contributed by atoms with Crippen LogP contribution in [0.5, 0.6) is 0 Å². The number of aryl methyl sites for hydroxylation is 1. The lowest BCUT2D eigenvalue weighted by molar-refractivity contribution is 0.0190. The summed E-state index contributed by atoms with van der Waals surface area (Å²) in [6, 6.07) is 14.8. The van der Waals surface area contributed by atoms with Gasteiger partial charge in [0.05, 0.1) is 6.10 Å². The van der Waals surface area contributed by atoms with Gasteiger partial charge in [0.2, 0.25) is 0 Å². The maximum absolute atomic E-state index is 10.1. The van der Waals surface area contributed by atoms with E-state index in [2.05, 4.69) is 0 Å². The van der Waals surface area contributed by atoms with Gasteiger partial charge < -0.3 is 10.2 Å². The zero-order valence-corrected chi connectivity index (χ0v) is 11.5. The smallest absolute Gasteiger partial charge is 0.105 e. The highest BCUT2D eigenvalue weighted by Gasteiger charge is 2.19. The third kappa shape index (κ3) is 3.57. The first kappa shape index (κ1) is 14.1. The molecule has 2 aromatic carbocycles. The SMILES string of the molecule is Cc1ccc(CC(O)C(O)c2ccccc2)c(Cl)c1. The monoisotopic (exact) mass is 276 g/mol. The average molecular weight is 277 g/mol. The first-order valence-corrected chi connectivity index (χ1v) is 6.62. The molecule has 0 aliphatic carbocycles. The van der Waals surface area contributed by atoms with E-state index in [1.807, 2.05) is 43.3 Å². The Morgan fingerprint density at radius 2 is 1.74 bits per heavy atom. The summed E-state index contributed by atoms with van der Waals surface area (Å²) in [5.74, 6) is 0. The normalized spacial score (nSPS) is 14.1. The molecule has 0 radical (unpaired) electrons. The zero-order valence-electron chi connectivity index (χ0n) is 10.8. The Kier molecular flexibility index (Phi) is 4.59. The van der Waals surface area contributed by atoms with Crippen LogP contribution < -0.4 is 0 Å². The molecule has 0 spiro atoms. The zero-order chi connectivity index (χ0) is 13.8. The molecule has 0 fully saturated rings. The van der Waals surface area contributed by atoms with E-state index in [4.69, 9.17) is 11.6 Å². The summed E-state index contributed by atoms with van der Waals surface area (Å²) in [5, 5.41) is 20.8. The molecule has 3 heteroatoms. The minimum Gasteiger partial charge on any atom is -0.390 e. The second-order valence-corrected chi connectivity index (χ2v) is 5.13. The molecule has 2 unspecified atom stereocenters. The van der Waals surface area contributed by atoms with Crippen LogP contribution in [0.25, 0.3) is 0 Å². The van der Waals surface area contributed by atoms with Gasteiger partial charge in [0.25, 0.3) is 0 Å². The van der Waals surface area contributed by atoms with E-state index in [1.165, 1.54) is 0 Å². The number of aliphatic hydroxyl groups excluding tert-OH is 2. The Morgan fingerprint density at radius 3 is 2.37 bits per heavy atom. The highest BCUT2D eigenvalue weighted by Crippen LogP contribution is 2.24. The van der Waals surface area contributed by atoms with Crippen LogP contribution in [0.3, 0.4) is 0 Å². The molecule has 0 aromatic heterocycles. The van der Waals surface area contributed by atoms with E-state index in [0.717, 1.165) is 11.1 Å². The van der Waals surface area contributed by atoms with Crippen molar-refractivity contribution >= 4 is 11.6 Å². The standard InChI is InChI=1S/C16H17ClO2/c1-11-7-8-13(14(17)9-11)10-15(18)16(19)12-5-3-2-4-6-12/h2-9,15-16,18-19H,10H2,1H3. The number of hydrogen-bond donors (Lipinski definition) is 2. The first-order valence-electron chi connectivity index (χ1n) is 6.24. The summed E-state index contributed by atoms with van der Waals surface area (Å²) in [6.07, 6.45) is -1.45. The van der Waals surface area contributed by atoms with E-state index in [0.29, 0.717) is 17.0 Å². The van der Waals surface area contributed by atoms with Crippen LogP contribution >= 0.6 is 11.6 Å². The maximum Gasteiger partial charge on any atom is 0.105 e. The molecule has 0 aliphatic rings. The summed E-state index contributed by atoms with van der Waals surface area (Å²) in [5.41, 5.74) is 2.62. The van der Waals surface area contributed by atoms with Crippen LogP contribution in [0.1, 0.15) is 22.8 Å². The van der Waals surface area contributed by atoms with E-state index >= 15 is 0 Å². The average Bonchev–Trinajstić information content (AvgIpc) is 2.42. The van der Waals surface area contributed by atoms with Crippen LogP contribution in [-0.2, 0) is 6.42 Å². The molecule has 0 heterocycles. The largest absolute Gasteiger partial charge is 0.390 e. The minimum atomic E-state index is -0.904. The number of rotatable bonds is 4. The molecule has 2 rings (SSSR count). The fourth-order valence-electron chi connectivity index (χ4n) is 2.03. The van der Waals surface area contributed by atoms with Gasteiger partial charge in [-0.1, -0.05) is 54.1 Å². The molecule has 100 valence electrons. The summed E-state index contributed by atoms with van der Waals surface area (Å²) >= 11 is 6.13. The van der Waals surface area contributed by atoms with Gasteiger partial charge in [0.1, 0.15) is 6.10 Å². The third-order valence-electron chi connectivity index (χ3n) is 3.14. The van der Waals surface area contributed by atoms with Crippen molar-refractivity contribution in [2.24, 2.45) is 0 Å². The van der Waals surface area contributed by atoms with Gasteiger partial charge >= 0.3 is 0 Å². The second kappa shape index (κ2) is 6.20. The Morgan fingerprint density at radius 1 is 1.05 bits per heavy atom. The fourth-order valence-corrected chi connectivity index (χ4v) is 2.34. The van der Waals surface area contributed by atoms with Crippen LogP contribution in [0, 0.1) is 6.92 Å². The highest BCUT2D eigenvalue weighted by molar-refractivity contribution is 6.31. The van der Waals surface area contributed by atoms with Crippen molar-refractivity contribution in [3.63, 3.8) is 0 Å². The van der Waals surface area contributed by atoms with E-state index < -0.39 is 12.2 Å². The number of hydrogen-bond acceptors (Lipinski definition) is 2. The molecular formula is C16H17ClO2. The van der Waals surface area contributed by atoms with E-state index in [9.17, 15) is 10.2 Å².